The van der Waals surface area contributed by atoms with E-state index >= 15 is 0 Å². The van der Waals surface area contributed by atoms with Gasteiger partial charge < -0.3 is 14.8 Å². The molecule has 0 bridgehead atoms. The largest absolute Gasteiger partial charge is 0.352 e. The van der Waals surface area contributed by atoms with Gasteiger partial charge >= 0.3 is 0 Å². The van der Waals surface area contributed by atoms with Crippen molar-refractivity contribution in [3.63, 3.8) is 0 Å². The number of nitrogens with one attached hydrogen (secondary N) is 1. The van der Waals surface area contributed by atoms with Crippen LogP contribution in [0.5, 0.6) is 0 Å². The van der Waals surface area contributed by atoms with E-state index in [-0.39, 0.29) is 12.1 Å². The molecular weight excluding hydrogens is 392 g/mol. The van der Waals surface area contributed by atoms with E-state index in [9.17, 15) is 0 Å². The maximum absolute atomic E-state index is 5.77. The minimum atomic E-state index is -0.0762. The quantitative estimate of drug-likeness (QED) is 0.503. The number of aromatic nitrogens is 4. The maximum atomic E-state index is 5.77. The zero-order chi connectivity index (χ0) is 20.3. The summed E-state index contributed by atoms with van der Waals surface area (Å²) in [4.78, 5) is 15.6. The fourth-order valence-corrected chi connectivity index (χ4v) is 4.24. The molecule has 1 aliphatic rings. The lowest BCUT2D eigenvalue weighted by atomic mass is 10.0. The van der Waals surface area contributed by atoms with Crippen molar-refractivity contribution in [2.75, 3.05) is 0 Å². The Bertz CT molecular complexity index is 1130. The fraction of sp³-hybridized carbons (Fsp3) is 0.130. The number of nitrogens with zero attached hydrogens (tertiary/aromatic N) is 5. The molecule has 0 spiro atoms. The Kier molecular flexibility index (Phi) is 4.94. The summed E-state index contributed by atoms with van der Waals surface area (Å²) in [6, 6.07) is 20.0. The van der Waals surface area contributed by atoms with Crippen LogP contribution in [0.2, 0.25) is 0 Å². The van der Waals surface area contributed by atoms with E-state index in [4.69, 9.17) is 12.2 Å². The van der Waals surface area contributed by atoms with Crippen LogP contribution < -0.4 is 5.32 Å². The Labute approximate surface area is 180 Å². The van der Waals surface area contributed by atoms with Gasteiger partial charge in [0.15, 0.2) is 5.11 Å². The van der Waals surface area contributed by atoms with Gasteiger partial charge in [0.05, 0.1) is 41.9 Å². The Hall–Kier alpha value is -3.58. The van der Waals surface area contributed by atoms with Gasteiger partial charge in [-0.15, -0.1) is 0 Å². The average molecular weight is 413 g/mol. The van der Waals surface area contributed by atoms with Crippen LogP contribution in [-0.2, 0) is 6.54 Å². The first-order chi connectivity index (χ1) is 14.8. The van der Waals surface area contributed by atoms with E-state index in [1.54, 1.807) is 6.20 Å². The topological polar surface area (TPSA) is 58.9 Å². The number of hydrogen-bond acceptors (Lipinski definition) is 4. The molecule has 1 aliphatic heterocycles. The molecule has 1 N–H and O–H groups in total. The molecule has 4 aromatic rings. The molecule has 5 heterocycles. The molecular formula is C23H20N6S. The summed E-state index contributed by atoms with van der Waals surface area (Å²) in [5.41, 5.74) is 4.04. The maximum Gasteiger partial charge on any atom is 0.170 e. The van der Waals surface area contributed by atoms with Gasteiger partial charge in [-0.25, -0.2) is 0 Å². The molecule has 6 nitrogen and oxygen atoms in total. The molecule has 0 aromatic carbocycles. The van der Waals surface area contributed by atoms with Crippen LogP contribution in [0, 0.1) is 0 Å². The van der Waals surface area contributed by atoms with Crippen LogP contribution in [0.15, 0.2) is 91.6 Å². The number of pyridine rings is 3. The Morgan fingerprint density at radius 1 is 0.900 bits per heavy atom. The van der Waals surface area contributed by atoms with Crippen molar-refractivity contribution in [2.45, 2.75) is 18.6 Å². The third kappa shape index (κ3) is 3.44. The first-order valence-electron chi connectivity index (χ1n) is 9.77. The van der Waals surface area contributed by atoms with Gasteiger partial charge in [0.1, 0.15) is 0 Å². The molecule has 2 atom stereocenters. The highest BCUT2D eigenvalue weighted by Crippen LogP contribution is 2.40. The van der Waals surface area contributed by atoms with Crippen LogP contribution >= 0.6 is 12.2 Å². The third-order valence-corrected chi connectivity index (χ3v) is 5.62. The smallest absolute Gasteiger partial charge is 0.170 e. The highest BCUT2D eigenvalue weighted by Gasteiger charge is 2.41. The molecule has 0 saturated carbocycles. The number of rotatable bonds is 5. The first kappa shape index (κ1) is 18.4. The fourth-order valence-electron chi connectivity index (χ4n) is 3.93. The number of thiocarbonyl (C=S) groups is 1. The summed E-state index contributed by atoms with van der Waals surface area (Å²) in [6.45, 7) is 0.610. The Morgan fingerprint density at radius 2 is 1.77 bits per heavy atom. The monoisotopic (exact) mass is 412 g/mol. The lowest BCUT2D eigenvalue weighted by molar-refractivity contribution is 0.299. The molecule has 148 valence electrons. The van der Waals surface area contributed by atoms with Gasteiger partial charge in [0.25, 0.3) is 0 Å². The van der Waals surface area contributed by atoms with E-state index < -0.39 is 0 Å². The van der Waals surface area contributed by atoms with Gasteiger partial charge in [-0.3, -0.25) is 15.0 Å². The van der Waals surface area contributed by atoms with Crippen LogP contribution in [-0.4, -0.2) is 29.5 Å². The predicted octanol–water partition coefficient (Wildman–Crippen LogP) is 3.84. The second-order valence-electron chi connectivity index (χ2n) is 7.09. The summed E-state index contributed by atoms with van der Waals surface area (Å²) >= 11 is 5.77. The van der Waals surface area contributed by atoms with Gasteiger partial charge in [-0.2, -0.15) is 0 Å². The summed E-state index contributed by atoms with van der Waals surface area (Å²) in [5.74, 6) is 0. The molecule has 1 saturated heterocycles. The molecule has 0 amide bonds. The molecule has 30 heavy (non-hydrogen) atoms. The zero-order valence-electron chi connectivity index (χ0n) is 16.2. The van der Waals surface area contributed by atoms with Crippen molar-refractivity contribution in [3.8, 4) is 5.69 Å². The standard InChI is InChI=1S/C23H20N6S/c30-23-27-21(19-9-2-4-13-26-19)22(29(23)16-17-7-1-3-12-25-17)20-10-6-14-28(20)18-8-5-11-24-15-18/h1-15,21-22H,16H2,(H,27,30)/t21-,22-/m0/s1. The Balaban J connectivity index is 1.60. The van der Waals surface area contributed by atoms with Crippen LogP contribution in [0.1, 0.15) is 29.2 Å². The van der Waals surface area contributed by atoms with Crippen molar-refractivity contribution in [2.24, 2.45) is 0 Å². The Morgan fingerprint density at radius 3 is 2.50 bits per heavy atom. The second-order valence-corrected chi connectivity index (χ2v) is 7.48. The van der Waals surface area contributed by atoms with Crippen molar-refractivity contribution >= 4 is 17.3 Å². The van der Waals surface area contributed by atoms with Crippen molar-refractivity contribution in [1.29, 1.82) is 0 Å². The zero-order valence-corrected chi connectivity index (χ0v) is 17.0. The van der Waals surface area contributed by atoms with Gasteiger partial charge in [-0.05, 0) is 60.7 Å². The normalized spacial score (nSPS) is 18.4. The van der Waals surface area contributed by atoms with Crippen LogP contribution in [0.4, 0.5) is 0 Å². The van der Waals surface area contributed by atoms with Crippen molar-refractivity contribution < 1.29 is 0 Å². The van der Waals surface area contributed by atoms with E-state index in [0.717, 1.165) is 22.8 Å². The van der Waals surface area contributed by atoms with E-state index in [2.05, 4.69) is 54.1 Å². The van der Waals surface area contributed by atoms with E-state index in [1.807, 2.05) is 61.1 Å². The lowest BCUT2D eigenvalue weighted by Gasteiger charge is -2.28. The molecule has 4 aromatic heterocycles. The summed E-state index contributed by atoms with van der Waals surface area (Å²) in [7, 11) is 0. The molecule has 0 unspecified atom stereocenters. The molecule has 5 rings (SSSR count). The van der Waals surface area contributed by atoms with Gasteiger partial charge in [0, 0.05) is 30.5 Å². The SMILES string of the molecule is S=C1N[C@@H](c2ccccn2)[C@H](c2cccn2-c2cccnc2)N1Cc1ccccn1. The van der Waals surface area contributed by atoms with Crippen molar-refractivity contribution in [3.05, 3.63) is 109 Å². The highest BCUT2D eigenvalue weighted by molar-refractivity contribution is 7.80. The van der Waals surface area contributed by atoms with Crippen molar-refractivity contribution in [1.82, 2.24) is 29.7 Å². The summed E-state index contributed by atoms with van der Waals surface area (Å²) in [5, 5.41) is 4.19. The van der Waals surface area contributed by atoms with Crippen LogP contribution in [0.3, 0.4) is 0 Å². The number of hydrogen-bond donors (Lipinski definition) is 1. The molecule has 0 aliphatic carbocycles. The summed E-state index contributed by atoms with van der Waals surface area (Å²) in [6.07, 6.45) is 9.33. The molecule has 7 heteroatoms. The van der Waals surface area contributed by atoms with E-state index in [0.29, 0.717) is 11.7 Å². The average Bonchev–Trinajstić information content (AvgIpc) is 3.40. The van der Waals surface area contributed by atoms with E-state index in [1.165, 1.54) is 0 Å². The second kappa shape index (κ2) is 8.04. The summed E-state index contributed by atoms with van der Waals surface area (Å²) < 4.78 is 2.16. The first-order valence-corrected chi connectivity index (χ1v) is 10.2. The van der Waals surface area contributed by atoms with Gasteiger partial charge in [0.2, 0.25) is 0 Å². The third-order valence-electron chi connectivity index (χ3n) is 5.26. The highest BCUT2D eigenvalue weighted by atomic mass is 32.1. The minimum Gasteiger partial charge on any atom is -0.352 e. The van der Waals surface area contributed by atoms with Gasteiger partial charge in [-0.1, -0.05) is 12.1 Å². The molecule has 1 fully saturated rings. The minimum absolute atomic E-state index is 0.0513. The molecule has 0 radical (unpaired) electrons. The lowest BCUT2D eigenvalue weighted by Crippen LogP contribution is -2.30. The van der Waals surface area contributed by atoms with Crippen LogP contribution in [0.25, 0.3) is 5.69 Å². The predicted molar refractivity (Wildman–Crippen MR) is 119 cm³/mol.